The Balaban J connectivity index is 1.42. The van der Waals surface area contributed by atoms with Crippen LogP contribution in [0.2, 0.25) is 0 Å². The summed E-state index contributed by atoms with van der Waals surface area (Å²) in [4.78, 5) is 26.4. The molecule has 10 heteroatoms. The summed E-state index contributed by atoms with van der Waals surface area (Å²) in [5.74, 6) is 1.77. The lowest BCUT2D eigenvalue weighted by Crippen LogP contribution is -2.21. The van der Waals surface area contributed by atoms with E-state index in [1.165, 1.54) is 4.52 Å². The van der Waals surface area contributed by atoms with Crippen LogP contribution in [0.15, 0.2) is 47.1 Å². The van der Waals surface area contributed by atoms with Gasteiger partial charge in [-0.2, -0.15) is 19.5 Å². The van der Waals surface area contributed by atoms with Gasteiger partial charge in [0.05, 0.1) is 6.26 Å². The summed E-state index contributed by atoms with van der Waals surface area (Å²) in [5.41, 5.74) is 7.73. The number of furan rings is 1. The third kappa shape index (κ3) is 3.86. The van der Waals surface area contributed by atoms with Gasteiger partial charge in [0.1, 0.15) is 0 Å². The number of carbonyl (C=O) groups is 1. The largest absolute Gasteiger partial charge is 0.461 e. The molecule has 4 aromatic rings. The van der Waals surface area contributed by atoms with Crippen molar-refractivity contribution in [2.75, 3.05) is 31.7 Å². The molecule has 0 bridgehead atoms. The molecular formula is C19H20N8O2. The van der Waals surface area contributed by atoms with Crippen LogP contribution in [0.5, 0.6) is 0 Å². The number of hydrogen-bond donors (Lipinski definition) is 2. The van der Waals surface area contributed by atoms with Crippen molar-refractivity contribution in [2.24, 2.45) is 0 Å². The van der Waals surface area contributed by atoms with E-state index in [-0.39, 0.29) is 11.9 Å². The van der Waals surface area contributed by atoms with Gasteiger partial charge in [0, 0.05) is 26.2 Å². The fraction of sp³-hybridized carbons (Fsp3) is 0.211. The van der Waals surface area contributed by atoms with Crippen LogP contribution in [0.4, 0.5) is 11.9 Å². The number of carbonyl (C=O) groups excluding carboxylic acids is 1. The molecule has 0 aliphatic rings. The first-order chi connectivity index (χ1) is 14.0. The van der Waals surface area contributed by atoms with Gasteiger partial charge in [0.25, 0.3) is 11.7 Å². The van der Waals surface area contributed by atoms with E-state index in [1.54, 1.807) is 37.4 Å². The van der Waals surface area contributed by atoms with Gasteiger partial charge >= 0.3 is 0 Å². The van der Waals surface area contributed by atoms with E-state index in [0.717, 1.165) is 12.0 Å². The molecule has 29 heavy (non-hydrogen) atoms. The molecule has 0 unspecified atom stereocenters. The van der Waals surface area contributed by atoms with Crippen molar-refractivity contribution in [3.8, 4) is 11.6 Å². The highest BCUT2D eigenvalue weighted by atomic mass is 16.3. The lowest BCUT2D eigenvalue weighted by molar-refractivity contribution is 0.0827. The van der Waals surface area contributed by atoms with Gasteiger partial charge in [-0.05, 0) is 36.2 Å². The Morgan fingerprint density at radius 3 is 2.66 bits per heavy atom. The number of nitrogen functional groups attached to an aromatic ring is 1. The number of rotatable bonds is 6. The maximum absolute atomic E-state index is 11.9. The lowest BCUT2D eigenvalue weighted by Gasteiger charge is -2.10. The van der Waals surface area contributed by atoms with E-state index in [0.29, 0.717) is 35.4 Å². The molecule has 1 amide bonds. The molecule has 3 N–H and O–H groups in total. The second-order valence-corrected chi connectivity index (χ2v) is 6.60. The molecule has 1 aromatic carbocycles. The highest BCUT2D eigenvalue weighted by molar-refractivity contribution is 5.93. The molecule has 0 saturated heterocycles. The minimum atomic E-state index is -0.0194. The highest BCUT2D eigenvalue weighted by Crippen LogP contribution is 2.17. The van der Waals surface area contributed by atoms with Crippen molar-refractivity contribution in [3.63, 3.8) is 0 Å². The van der Waals surface area contributed by atoms with Crippen LogP contribution in [-0.2, 0) is 6.42 Å². The number of anilines is 2. The van der Waals surface area contributed by atoms with E-state index in [9.17, 15) is 4.79 Å². The molecule has 3 aromatic heterocycles. The van der Waals surface area contributed by atoms with Gasteiger partial charge in [-0.15, -0.1) is 5.10 Å². The molecule has 0 aliphatic carbocycles. The zero-order valence-corrected chi connectivity index (χ0v) is 16.0. The fourth-order valence-electron chi connectivity index (χ4n) is 2.79. The van der Waals surface area contributed by atoms with Gasteiger partial charge < -0.3 is 20.4 Å². The van der Waals surface area contributed by atoms with E-state index in [1.807, 2.05) is 24.3 Å². The molecule has 0 radical (unpaired) electrons. The Labute approximate surface area is 166 Å². The van der Waals surface area contributed by atoms with Crippen molar-refractivity contribution in [2.45, 2.75) is 6.42 Å². The summed E-state index contributed by atoms with van der Waals surface area (Å²) in [6.07, 6.45) is 2.28. The SMILES string of the molecule is CN(C)C(=O)c1ccc(CCNc2nc(N)n3nc(-c4ccco4)nc3n2)cc1. The van der Waals surface area contributed by atoms with Crippen molar-refractivity contribution < 1.29 is 9.21 Å². The molecule has 0 saturated carbocycles. The molecule has 0 fully saturated rings. The molecule has 0 aliphatic heterocycles. The molecule has 0 atom stereocenters. The molecule has 4 rings (SSSR count). The maximum atomic E-state index is 11.9. The van der Waals surface area contributed by atoms with Gasteiger partial charge in [-0.25, -0.2) is 0 Å². The summed E-state index contributed by atoms with van der Waals surface area (Å²) >= 11 is 0. The average Bonchev–Trinajstić information content (AvgIpc) is 3.38. The third-order valence-corrected chi connectivity index (χ3v) is 4.28. The summed E-state index contributed by atoms with van der Waals surface area (Å²) in [7, 11) is 3.46. The van der Waals surface area contributed by atoms with Gasteiger partial charge in [0.2, 0.25) is 17.7 Å². The van der Waals surface area contributed by atoms with Crippen LogP contribution in [0.3, 0.4) is 0 Å². The Hall–Kier alpha value is -3.95. The first kappa shape index (κ1) is 18.4. The van der Waals surface area contributed by atoms with Crippen molar-refractivity contribution >= 4 is 23.6 Å². The zero-order chi connectivity index (χ0) is 20.4. The number of nitrogens with one attached hydrogen (secondary N) is 1. The number of fused-ring (bicyclic) bond motifs is 1. The zero-order valence-electron chi connectivity index (χ0n) is 16.0. The Bertz CT molecular complexity index is 1130. The quantitative estimate of drug-likeness (QED) is 0.508. The lowest BCUT2D eigenvalue weighted by atomic mass is 10.1. The minimum Gasteiger partial charge on any atom is -0.461 e. The molecule has 148 valence electrons. The number of benzene rings is 1. The molecular weight excluding hydrogens is 372 g/mol. The number of nitrogens with zero attached hydrogens (tertiary/aromatic N) is 6. The molecule has 0 spiro atoms. The number of hydrogen-bond acceptors (Lipinski definition) is 8. The summed E-state index contributed by atoms with van der Waals surface area (Å²) < 4.78 is 6.67. The Morgan fingerprint density at radius 2 is 1.97 bits per heavy atom. The molecule has 3 heterocycles. The van der Waals surface area contributed by atoms with Crippen LogP contribution in [-0.4, -0.2) is 56.0 Å². The van der Waals surface area contributed by atoms with Crippen LogP contribution in [0.1, 0.15) is 15.9 Å². The van der Waals surface area contributed by atoms with Gasteiger partial charge in [-0.1, -0.05) is 12.1 Å². The van der Waals surface area contributed by atoms with E-state index >= 15 is 0 Å². The van der Waals surface area contributed by atoms with E-state index in [2.05, 4.69) is 25.4 Å². The topological polar surface area (TPSA) is 127 Å². The van der Waals surface area contributed by atoms with Crippen molar-refractivity contribution in [1.82, 2.24) is 29.5 Å². The Kier molecular flexibility index (Phi) is 4.82. The predicted octanol–water partition coefficient (Wildman–Crippen LogP) is 1.72. The average molecular weight is 392 g/mol. The monoisotopic (exact) mass is 392 g/mol. The maximum Gasteiger partial charge on any atom is 0.259 e. The normalized spacial score (nSPS) is 11.0. The fourth-order valence-corrected chi connectivity index (χ4v) is 2.79. The third-order valence-electron chi connectivity index (χ3n) is 4.28. The summed E-state index contributed by atoms with van der Waals surface area (Å²) in [6.45, 7) is 0.593. The Morgan fingerprint density at radius 1 is 1.17 bits per heavy atom. The predicted molar refractivity (Wildman–Crippen MR) is 107 cm³/mol. The van der Waals surface area contributed by atoms with E-state index in [4.69, 9.17) is 10.2 Å². The number of amides is 1. The minimum absolute atomic E-state index is 0.0194. The van der Waals surface area contributed by atoms with Crippen LogP contribution in [0.25, 0.3) is 17.4 Å². The molecule has 10 nitrogen and oxygen atoms in total. The van der Waals surface area contributed by atoms with E-state index < -0.39 is 0 Å². The summed E-state index contributed by atoms with van der Waals surface area (Å²) in [5, 5.41) is 7.41. The smallest absolute Gasteiger partial charge is 0.259 e. The van der Waals surface area contributed by atoms with Crippen molar-refractivity contribution in [1.29, 1.82) is 0 Å². The van der Waals surface area contributed by atoms with Crippen LogP contribution >= 0.6 is 0 Å². The second kappa shape index (κ2) is 7.58. The highest BCUT2D eigenvalue weighted by Gasteiger charge is 2.13. The number of nitrogens with two attached hydrogens (primary N) is 1. The standard InChI is InChI=1S/C19H20N8O2/c1-26(2)16(28)13-7-5-12(6-8-13)9-10-21-18-23-17(20)27-19(24-18)22-15(25-27)14-4-3-11-29-14/h3-8,11H,9-10H2,1-2H3,(H3,20,21,22,23,24,25). The van der Waals surface area contributed by atoms with Gasteiger partial charge in [-0.3, -0.25) is 4.79 Å². The second-order valence-electron chi connectivity index (χ2n) is 6.60. The summed E-state index contributed by atoms with van der Waals surface area (Å²) in [6, 6.07) is 11.0. The van der Waals surface area contributed by atoms with Gasteiger partial charge in [0.15, 0.2) is 5.76 Å². The van der Waals surface area contributed by atoms with Crippen LogP contribution in [0, 0.1) is 0 Å². The first-order valence-electron chi connectivity index (χ1n) is 9.00. The van der Waals surface area contributed by atoms with Crippen LogP contribution < -0.4 is 11.1 Å². The first-order valence-corrected chi connectivity index (χ1v) is 9.00. The van der Waals surface area contributed by atoms with Crippen molar-refractivity contribution in [3.05, 3.63) is 53.8 Å². The number of aromatic nitrogens is 5.